The van der Waals surface area contributed by atoms with Crippen molar-refractivity contribution in [2.75, 3.05) is 25.6 Å². The van der Waals surface area contributed by atoms with Gasteiger partial charge in [-0.15, -0.1) is 0 Å². The number of anilines is 1. The standard InChI is InChI=1S/C17H19FN2O3/c1-12-3-6-14(7-4-12)23-10-9-19-17(21)20-13-5-8-16(22-2)15(18)11-13/h3-8,11H,9-10H2,1-2H3,(H2,19,20,21). The lowest BCUT2D eigenvalue weighted by molar-refractivity contribution is 0.247. The maximum Gasteiger partial charge on any atom is 0.319 e. The number of nitrogens with one attached hydrogen (secondary N) is 2. The third-order valence-corrected chi connectivity index (χ3v) is 3.09. The van der Waals surface area contributed by atoms with Crippen LogP contribution in [0.25, 0.3) is 0 Å². The molecule has 2 aromatic rings. The Kier molecular flexibility index (Phi) is 5.80. The van der Waals surface area contributed by atoms with Gasteiger partial charge in [0.2, 0.25) is 0 Å². The van der Waals surface area contributed by atoms with Crippen molar-refractivity contribution in [1.82, 2.24) is 5.32 Å². The lowest BCUT2D eigenvalue weighted by Crippen LogP contribution is -2.32. The fourth-order valence-electron chi connectivity index (χ4n) is 1.89. The maximum absolute atomic E-state index is 13.5. The maximum atomic E-state index is 13.5. The molecule has 0 heterocycles. The molecule has 0 spiro atoms. The number of carbonyl (C=O) groups is 1. The number of rotatable bonds is 6. The molecule has 0 aliphatic carbocycles. The first kappa shape index (κ1) is 16.6. The first-order valence-corrected chi connectivity index (χ1v) is 7.16. The smallest absolute Gasteiger partial charge is 0.319 e. The fourth-order valence-corrected chi connectivity index (χ4v) is 1.89. The van der Waals surface area contributed by atoms with Gasteiger partial charge >= 0.3 is 6.03 Å². The zero-order chi connectivity index (χ0) is 16.7. The average Bonchev–Trinajstić information content (AvgIpc) is 2.53. The number of ether oxygens (including phenoxy) is 2. The molecule has 0 aliphatic rings. The Labute approximate surface area is 134 Å². The second-order valence-electron chi connectivity index (χ2n) is 4.89. The molecular weight excluding hydrogens is 299 g/mol. The lowest BCUT2D eigenvalue weighted by Gasteiger charge is -2.10. The van der Waals surface area contributed by atoms with Crippen LogP contribution in [0.4, 0.5) is 14.9 Å². The minimum absolute atomic E-state index is 0.127. The van der Waals surface area contributed by atoms with Gasteiger partial charge in [0.05, 0.1) is 13.7 Å². The van der Waals surface area contributed by atoms with Gasteiger partial charge in [-0.05, 0) is 31.2 Å². The minimum Gasteiger partial charge on any atom is -0.494 e. The largest absolute Gasteiger partial charge is 0.494 e. The van der Waals surface area contributed by atoms with Crippen LogP contribution in [-0.4, -0.2) is 26.3 Å². The number of urea groups is 1. The van der Waals surface area contributed by atoms with E-state index < -0.39 is 11.8 Å². The number of carbonyl (C=O) groups excluding carboxylic acids is 1. The number of amides is 2. The summed E-state index contributed by atoms with van der Waals surface area (Å²) in [7, 11) is 1.38. The van der Waals surface area contributed by atoms with E-state index in [1.165, 1.54) is 19.2 Å². The van der Waals surface area contributed by atoms with E-state index in [2.05, 4.69) is 10.6 Å². The molecule has 0 radical (unpaired) electrons. The Morgan fingerprint density at radius 3 is 2.57 bits per heavy atom. The van der Waals surface area contributed by atoms with E-state index >= 15 is 0 Å². The lowest BCUT2D eigenvalue weighted by atomic mass is 10.2. The fraction of sp³-hybridized carbons (Fsp3) is 0.235. The van der Waals surface area contributed by atoms with Crippen LogP contribution < -0.4 is 20.1 Å². The molecule has 2 N–H and O–H groups in total. The predicted molar refractivity (Wildman–Crippen MR) is 86.6 cm³/mol. The third-order valence-electron chi connectivity index (χ3n) is 3.09. The van der Waals surface area contributed by atoms with Crippen LogP contribution in [0.5, 0.6) is 11.5 Å². The quantitative estimate of drug-likeness (QED) is 0.803. The normalized spacial score (nSPS) is 10.0. The van der Waals surface area contributed by atoms with E-state index in [0.717, 1.165) is 11.3 Å². The number of benzene rings is 2. The first-order valence-electron chi connectivity index (χ1n) is 7.16. The molecule has 0 unspecified atom stereocenters. The molecule has 0 saturated heterocycles. The SMILES string of the molecule is COc1ccc(NC(=O)NCCOc2ccc(C)cc2)cc1F. The average molecular weight is 318 g/mol. The second kappa shape index (κ2) is 8.03. The molecule has 0 saturated carbocycles. The van der Waals surface area contributed by atoms with Gasteiger partial charge in [-0.3, -0.25) is 0 Å². The molecule has 2 rings (SSSR count). The van der Waals surface area contributed by atoms with Crippen LogP contribution in [0, 0.1) is 12.7 Å². The van der Waals surface area contributed by atoms with Crippen molar-refractivity contribution < 1.29 is 18.7 Å². The molecule has 0 atom stereocenters. The van der Waals surface area contributed by atoms with Gasteiger partial charge < -0.3 is 20.1 Å². The summed E-state index contributed by atoms with van der Waals surface area (Å²) in [5.74, 6) is 0.338. The molecule has 122 valence electrons. The van der Waals surface area contributed by atoms with Crippen LogP contribution in [-0.2, 0) is 0 Å². The molecular formula is C17H19FN2O3. The second-order valence-corrected chi connectivity index (χ2v) is 4.89. The monoisotopic (exact) mass is 318 g/mol. The summed E-state index contributed by atoms with van der Waals surface area (Å²) >= 11 is 0. The van der Waals surface area contributed by atoms with E-state index in [0.29, 0.717) is 18.8 Å². The zero-order valence-corrected chi connectivity index (χ0v) is 13.1. The van der Waals surface area contributed by atoms with Gasteiger partial charge in [0.25, 0.3) is 0 Å². The van der Waals surface area contributed by atoms with Crippen LogP contribution in [0.3, 0.4) is 0 Å². The van der Waals surface area contributed by atoms with Gasteiger partial charge in [0.1, 0.15) is 12.4 Å². The number of halogens is 1. The topological polar surface area (TPSA) is 59.6 Å². The summed E-state index contributed by atoms with van der Waals surface area (Å²) in [5, 5.41) is 5.17. The highest BCUT2D eigenvalue weighted by Gasteiger charge is 2.06. The van der Waals surface area contributed by atoms with Crippen molar-refractivity contribution in [3.05, 3.63) is 53.8 Å². The van der Waals surface area contributed by atoms with Crippen LogP contribution in [0.15, 0.2) is 42.5 Å². The third kappa shape index (κ3) is 5.18. The molecule has 0 aromatic heterocycles. The highest BCUT2D eigenvalue weighted by Crippen LogP contribution is 2.20. The van der Waals surface area contributed by atoms with Crippen molar-refractivity contribution in [2.45, 2.75) is 6.92 Å². The minimum atomic E-state index is -0.534. The Balaban J connectivity index is 1.72. The Hall–Kier alpha value is -2.76. The Morgan fingerprint density at radius 2 is 1.91 bits per heavy atom. The number of aryl methyl sites for hydroxylation is 1. The molecule has 2 amide bonds. The van der Waals surface area contributed by atoms with Gasteiger partial charge in [-0.2, -0.15) is 0 Å². The van der Waals surface area contributed by atoms with Crippen molar-refractivity contribution in [3.8, 4) is 11.5 Å². The first-order chi connectivity index (χ1) is 11.1. The summed E-state index contributed by atoms with van der Waals surface area (Å²) in [6.07, 6.45) is 0. The van der Waals surface area contributed by atoms with Crippen molar-refractivity contribution >= 4 is 11.7 Å². The zero-order valence-electron chi connectivity index (χ0n) is 13.1. The van der Waals surface area contributed by atoms with Crippen molar-refractivity contribution in [2.24, 2.45) is 0 Å². The summed E-state index contributed by atoms with van der Waals surface area (Å²) in [4.78, 5) is 11.7. The predicted octanol–water partition coefficient (Wildman–Crippen LogP) is 3.34. The van der Waals surface area contributed by atoms with Crippen molar-refractivity contribution in [3.63, 3.8) is 0 Å². The Morgan fingerprint density at radius 1 is 1.17 bits per heavy atom. The van der Waals surface area contributed by atoms with E-state index in [1.54, 1.807) is 6.07 Å². The van der Waals surface area contributed by atoms with Crippen LogP contribution in [0.1, 0.15) is 5.56 Å². The number of hydrogen-bond acceptors (Lipinski definition) is 3. The highest BCUT2D eigenvalue weighted by molar-refractivity contribution is 5.89. The molecule has 0 fully saturated rings. The molecule has 2 aromatic carbocycles. The summed E-state index contributed by atoms with van der Waals surface area (Å²) in [6, 6.07) is 11.4. The summed E-state index contributed by atoms with van der Waals surface area (Å²) in [6.45, 7) is 2.67. The van der Waals surface area contributed by atoms with Gasteiger partial charge in [-0.25, -0.2) is 9.18 Å². The van der Waals surface area contributed by atoms with E-state index in [1.807, 2.05) is 31.2 Å². The van der Waals surface area contributed by atoms with Gasteiger partial charge in [0.15, 0.2) is 11.6 Å². The molecule has 6 heteroatoms. The summed E-state index contributed by atoms with van der Waals surface area (Å²) < 4.78 is 23.8. The van der Waals surface area contributed by atoms with E-state index in [-0.39, 0.29) is 5.75 Å². The van der Waals surface area contributed by atoms with E-state index in [4.69, 9.17) is 9.47 Å². The molecule has 0 bridgehead atoms. The van der Waals surface area contributed by atoms with Gasteiger partial charge in [0, 0.05) is 11.8 Å². The van der Waals surface area contributed by atoms with Crippen molar-refractivity contribution in [1.29, 1.82) is 0 Å². The van der Waals surface area contributed by atoms with Crippen LogP contribution in [0.2, 0.25) is 0 Å². The van der Waals surface area contributed by atoms with Crippen LogP contribution >= 0.6 is 0 Å². The van der Waals surface area contributed by atoms with Gasteiger partial charge in [-0.1, -0.05) is 17.7 Å². The van der Waals surface area contributed by atoms with E-state index in [9.17, 15) is 9.18 Å². The summed E-state index contributed by atoms with van der Waals surface area (Å²) in [5.41, 5.74) is 1.50. The number of hydrogen-bond donors (Lipinski definition) is 2. The molecule has 23 heavy (non-hydrogen) atoms. The molecule has 0 aliphatic heterocycles. The Bertz CT molecular complexity index is 659. The molecule has 5 nitrogen and oxygen atoms in total. The highest BCUT2D eigenvalue weighted by atomic mass is 19.1. The number of methoxy groups -OCH3 is 1.